The van der Waals surface area contributed by atoms with Gasteiger partial charge in [0.2, 0.25) is 0 Å². The Morgan fingerprint density at radius 1 is 1.41 bits per heavy atom. The van der Waals surface area contributed by atoms with Crippen molar-refractivity contribution in [2.45, 2.75) is 26.0 Å². The number of carbonyl (C=O) groups excluding carboxylic acids is 1. The van der Waals surface area contributed by atoms with Crippen molar-refractivity contribution in [3.05, 3.63) is 35.4 Å². The van der Waals surface area contributed by atoms with Crippen molar-refractivity contribution in [1.29, 1.82) is 0 Å². The zero-order valence-electron chi connectivity index (χ0n) is 10.4. The van der Waals surface area contributed by atoms with Gasteiger partial charge in [-0.05, 0) is 23.6 Å². The Balaban J connectivity index is 2.95. The molecule has 0 aliphatic heterocycles. The molecule has 4 nitrogen and oxygen atoms in total. The van der Waals surface area contributed by atoms with Crippen LogP contribution in [0.1, 0.15) is 35.8 Å². The lowest BCUT2D eigenvalue weighted by Gasteiger charge is -2.22. The average molecular weight is 237 g/mol. The highest BCUT2D eigenvalue weighted by Crippen LogP contribution is 2.20. The molecular formula is C13H19NO3. The van der Waals surface area contributed by atoms with Crippen LogP contribution in [0, 0.1) is 5.92 Å². The lowest BCUT2D eigenvalue weighted by molar-refractivity contribution is 0.0600. The minimum absolute atomic E-state index is 0.0618. The van der Waals surface area contributed by atoms with Gasteiger partial charge >= 0.3 is 5.97 Å². The highest BCUT2D eigenvalue weighted by atomic mass is 16.5. The van der Waals surface area contributed by atoms with Crippen molar-refractivity contribution in [3.8, 4) is 0 Å². The Morgan fingerprint density at radius 2 is 2.06 bits per heavy atom. The van der Waals surface area contributed by atoms with Crippen LogP contribution in [0.2, 0.25) is 0 Å². The van der Waals surface area contributed by atoms with E-state index < -0.39 is 18.1 Å². The van der Waals surface area contributed by atoms with Crippen molar-refractivity contribution in [2.75, 3.05) is 7.11 Å². The van der Waals surface area contributed by atoms with Crippen LogP contribution in [-0.2, 0) is 4.74 Å². The largest absolute Gasteiger partial charge is 0.465 e. The number of rotatable bonds is 4. The fraction of sp³-hybridized carbons (Fsp3) is 0.462. The quantitative estimate of drug-likeness (QED) is 0.778. The molecule has 0 radical (unpaired) electrons. The van der Waals surface area contributed by atoms with Gasteiger partial charge in [-0.1, -0.05) is 26.0 Å². The lowest BCUT2D eigenvalue weighted by atomic mass is 9.93. The van der Waals surface area contributed by atoms with Crippen LogP contribution >= 0.6 is 0 Å². The fourth-order valence-electron chi connectivity index (χ4n) is 1.60. The van der Waals surface area contributed by atoms with Gasteiger partial charge in [0.1, 0.15) is 0 Å². The molecule has 2 atom stereocenters. The molecule has 1 aromatic rings. The van der Waals surface area contributed by atoms with E-state index in [2.05, 4.69) is 4.74 Å². The van der Waals surface area contributed by atoms with Gasteiger partial charge in [0.15, 0.2) is 0 Å². The topological polar surface area (TPSA) is 72.5 Å². The predicted molar refractivity (Wildman–Crippen MR) is 65.6 cm³/mol. The minimum atomic E-state index is -0.636. The Bertz CT molecular complexity index is 390. The summed E-state index contributed by atoms with van der Waals surface area (Å²) in [5.41, 5.74) is 7.12. The van der Waals surface area contributed by atoms with E-state index in [1.807, 2.05) is 13.8 Å². The van der Waals surface area contributed by atoms with Gasteiger partial charge in [-0.25, -0.2) is 4.79 Å². The zero-order chi connectivity index (χ0) is 13.0. The molecule has 17 heavy (non-hydrogen) atoms. The van der Waals surface area contributed by atoms with Crippen LogP contribution in [0.5, 0.6) is 0 Å². The number of hydrogen-bond donors (Lipinski definition) is 2. The van der Waals surface area contributed by atoms with Gasteiger partial charge < -0.3 is 15.6 Å². The minimum Gasteiger partial charge on any atom is -0.465 e. The van der Waals surface area contributed by atoms with E-state index in [0.717, 1.165) is 5.56 Å². The molecule has 0 saturated carbocycles. The number of methoxy groups -OCH3 is 1. The molecule has 0 bridgehead atoms. The van der Waals surface area contributed by atoms with Crippen LogP contribution in [0.15, 0.2) is 24.3 Å². The molecular weight excluding hydrogens is 218 g/mol. The molecule has 0 amide bonds. The third-order valence-corrected chi connectivity index (χ3v) is 2.74. The Morgan fingerprint density at radius 3 is 2.59 bits per heavy atom. The highest BCUT2D eigenvalue weighted by Gasteiger charge is 2.20. The number of nitrogens with two attached hydrogens (primary N) is 1. The third kappa shape index (κ3) is 3.28. The monoisotopic (exact) mass is 237 g/mol. The van der Waals surface area contributed by atoms with E-state index in [9.17, 15) is 9.90 Å². The number of ether oxygens (including phenoxy) is 1. The van der Waals surface area contributed by atoms with Gasteiger partial charge in [-0.15, -0.1) is 0 Å². The number of aliphatic hydroxyl groups excluding tert-OH is 1. The molecule has 1 aromatic carbocycles. The van der Waals surface area contributed by atoms with E-state index in [1.165, 1.54) is 7.11 Å². The lowest BCUT2D eigenvalue weighted by Crippen LogP contribution is -2.30. The Labute approximate surface area is 101 Å². The maximum atomic E-state index is 11.4. The first-order chi connectivity index (χ1) is 7.97. The second-order valence-electron chi connectivity index (χ2n) is 4.38. The molecule has 0 saturated heterocycles. The van der Waals surface area contributed by atoms with Gasteiger partial charge in [-0.2, -0.15) is 0 Å². The molecule has 0 spiro atoms. The molecule has 0 unspecified atom stereocenters. The number of carbonyl (C=O) groups is 1. The van der Waals surface area contributed by atoms with Crippen molar-refractivity contribution in [1.82, 2.24) is 0 Å². The maximum Gasteiger partial charge on any atom is 0.337 e. The smallest absolute Gasteiger partial charge is 0.337 e. The van der Waals surface area contributed by atoms with E-state index in [4.69, 9.17) is 5.73 Å². The first-order valence-electron chi connectivity index (χ1n) is 5.59. The summed E-state index contributed by atoms with van der Waals surface area (Å²) in [5.74, 6) is -0.343. The molecule has 4 heteroatoms. The van der Waals surface area contributed by atoms with E-state index in [1.54, 1.807) is 24.3 Å². The summed E-state index contributed by atoms with van der Waals surface area (Å²) >= 11 is 0. The Hall–Kier alpha value is -1.39. The number of benzene rings is 1. The number of esters is 1. The number of aliphatic hydroxyl groups is 1. The summed E-state index contributed by atoms with van der Waals surface area (Å²) in [6.07, 6.45) is -0.636. The van der Waals surface area contributed by atoms with Crippen molar-refractivity contribution in [2.24, 2.45) is 11.7 Å². The van der Waals surface area contributed by atoms with Crippen molar-refractivity contribution < 1.29 is 14.6 Å². The molecule has 0 fully saturated rings. The summed E-state index contributed by atoms with van der Waals surface area (Å²) in [6.45, 7) is 3.80. The third-order valence-electron chi connectivity index (χ3n) is 2.74. The summed E-state index contributed by atoms with van der Waals surface area (Å²) in [7, 11) is 1.33. The molecule has 94 valence electrons. The molecule has 0 aliphatic carbocycles. The average Bonchev–Trinajstić information content (AvgIpc) is 2.36. The van der Waals surface area contributed by atoms with Crippen molar-refractivity contribution >= 4 is 5.97 Å². The van der Waals surface area contributed by atoms with Crippen LogP contribution in [0.25, 0.3) is 0 Å². The van der Waals surface area contributed by atoms with Crippen LogP contribution < -0.4 is 5.73 Å². The summed E-state index contributed by atoms with van der Waals surface area (Å²) < 4.78 is 4.64. The van der Waals surface area contributed by atoms with E-state index in [-0.39, 0.29) is 5.92 Å². The first-order valence-corrected chi connectivity index (χ1v) is 5.59. The van der Waals surface area contributed by atoms with Gasteiger partial charge in [0.05, 0.1) is 24.8 Å². The Kier molecular flexibility index (Phi) is 4.66. The second-order valence-corrected chi connectivity index (χ2v) is 4.38. The van der Waals surface area contributed by atoms with Gasteiger partial charge in [0, 0.05) is 0 Å². The molecule has 3 N–H and O–H groups in total. The first kappa shape index (κ1) is 13.7. The normalized spacial score (nSPS) is 14.5. The van der Waals surface area contributed by atoms with Gasteiger partial charge in [0.25, 0.3) is 0 Å². The summed E-state index contributed by atoms with van der Waals surface area (Å²) in [4.78, 5) is 11.4. The SMILES string of the molecule is COC(=O)c1cccc([C@H](N)[C@H](O)C(C)C)c1. The predicted octanol–water partition coefficient (Wildman–Crippen LogP) is 1.49. The fourth-order valence-corrected chi connectivity index (χ4v) is 1.60. The molecule has 0 aliphatic rings. The molecule has 0 heterocycles. The highest BCUT2D eigenvalue weighted by molar-refractivity contribution is 5.89. The zero-order valence-corrected chi connectivity index (χ0v) is 10.4. The van der Waals surface area contributed by atoms with E-state index in [0.29, 0.717) is 5.56 Å². The van der Waals surface area contributed by atoms with Crippen LogP contribution in [0.3, 0.4) is 0 Å². The van der Waals surface area contributed by atoms with Gasteiger partial charge in [-0.3, -0.25) is 0 Å². The summed E-state index contributed by atoms with van der Waals surface area (Å²) in [6, 6.07) is 6.34. The van der Waals surface area contributed by atoms with Crippen LogP contribution in [0.4, 0.5) is 0 Å². The standard InChI is InChI=1S/C13H19NO3/c1-8(2)12(15)11(14)9-5-4-6-10(7-9)13(16)17-3/h4-8,11-12,15H,14H2,1-3H3/t11-,12+/m0/s1. The van der Waals surface area contributed by atoms with Crippen molar-refractivity contribution in [3.63, 3.8) is 0 Å². The van der Waals surface area contributed by atoms with E-state index >= 15 is 0 Å². The molecule has 0 aromatic heterocycles. The maximum absolute atomic E-state index is 11.4. The number of hydrogen-bond acceptors (Lipinski definition) is 4. The summed E-state index contributed by atoms with van der Waals surface area (Å²) in [5, 5.41) is 9.89. The second kappa shape index (κ2) is 5.80. The molecule has 1 rings (SSSR count). The van der Waals surface area contributed by atoms with Crippen LogP contribution in [-0.4, -0.2) is 24.3 Å².